The molecule has 0 nitrogen and oxygen atoms in total. The van der Waals surface area contributed by atoms with Gasteiger partial charge in [-0.05, 0) is 24.7 Å². The van der Waals surface area contributed by atoms with E-state index in [1.54, 1.807) is 0 Å². The molecule has 0 radical (unpaired) electrons. The van der Waals surface area contributed by atoms with Gasteiger partial charge in [-0.3, -0.25) is 0 Å². The van der Waals surface area contributed by atoms with Crippen molar-refractivity contribution in [2.75, 3.05) is 0 Å². The van der Waals surface area contributed by atoms with E-state index in [9.17, 15) is 4.39 Å². The molecule has 0 heterocycles. The molecule has 1 saturated carbocycles. The minimum atomic E-state index is -0.515. The smallest absolute Gasteiger partial charge is 0.103 e. The van der Waals surface area contributed by atoms with E-state index in [1.807, 2.05) is 6.92 Å². The SMILES string of the molecule is BC[C@@H]1CCC(C)C(F)C1. The molecule has 2 unspecified atom stereocenters. The average Bonchev–Trinajstić information content (AvgIpc) is 1.95. The fourth-order valence-corrected chi connectivity index (χ4v) is 1.72. The van der Waals surface area contributed by atoms with Crippen molar-refractivity contribution in [3.05, 3.63) is 0 Å². The number of hydrogen-bond donors (Lipinski definition) is 0. The monoisotopic (exact) mass is 142 g/mol. The third kappa shape index (κ3) is 1.74. The zero-order chi connectivity index (χ0) is 7.56. The van der Waals surface area contributed by atoms with Crippen LogP contribution in [0.5, 0.6) is 0 Å². The number of halogens is 1. The lowest BCUT2D eigenvalue weighted by molar-refractivity contribution is 0.145. The molecule has 0 aromatic heterocycles. The van der Waals surface area contributed by atoms with Gasteiger partial charge in [-0.15, -0.1) is 0 Å². The Morgan fingerprint density at radius 1 is 1.50 bits per heavy atom. The van der Waals surface area contributed by atoms with Crippen LogP contribution in [0.25, 0.3) is 0 Å². The minimum absolute atomic E-state index is 0.322. The predicted molar refractivity (Wildman–Crippen MR) is 44.8 cm³/mol. The Bertz CT molecular complexity index is 105. The summed E-state index contributed by atoms with van der Waals surface area (Å²) in [7, 11) is 2.16. The molecule has 1 aliphatic rings. The molecule has 0 aliphatic heterocycles. The summed E-state index contributed by atoms with van der Waals surface area (Å²) in [6.45, 7) is 2.02. The molecule has 0 saturated heterocycles. The third-order valence-corrected chi connectivity index (χ3v) is 2.78. The standard InChI is InChI=1S/C8H16BF/c1-6-2-3-7(5-9)4-8(6)10/h6-8H,2-5,9H2,1H3/t6?,7-,8?/m1/s1. The van der Waals surface area contributed by atoms with Crippen molar-refractivity contribution in [1.29, 1.82) is 0 Å². The topological polar surface area (TPSA) is 0 Å². The summed E-state index contributed by atoms with van der Waals surface area (Å²) >= 11 is 0. The number of alkyl halides is 1. The molecule has 3 atom stereocenters. The molecule has 0 aromatic carbocycles. The van der Waals surface area contributed by atoms with Gasteiger partial charge in [-0.25, -0.2) is 4.39 Å². The molecule has 0 spiro atoms. The van der Waals surface area contributed by atoms with Crippen molar-refractivity contribution < 1.29 is 4.39 Å². The molecule has 0 N–H and O–H groups in total. The average molecular weight is 142 g/mol. The highest BCUT2D eigenvalue weighted by Gasteiger charge is 2.25. The molecule has 0 aromatic rings. The van der Waals surface area contributed by atoms with Crippen molar-refractivity contribution in [3.63, 3.8) is 0 Å². The normalized spacial score (nSPS) is 41.6. The van der Waals surface area contributed by atoms with E-state index in [1.165, 1.54) is 6.42 Å². The second kappa shape index (κ2) is 3.40. The van der Waals surface area contributed by atoms with Gasteiger partial charge in [0.2, 0.25) is 0 Å². The number of hydrogen-bond acceptors (Lipinski definition) is 0. The zero-order valence-electron chi connectivity index (χ0n) is 6.94. The van der Waals surface area contributed by atoms with E-state index in [-0.39, 0.29) is 0 Å². The molecule has 10 heavy (non-hydrogen) atoms. The largest absolute Gasteiger partial charge is 0.247 e. The molecule has 2 heteroatoms. The van der Waals surface area contributed by atoms with Crippen LogP contribution in [0.3, 0.4) is 0 Å². The van der Waals surface area contributed by atoms with Crippen molar-refractivity contribution in [3.8, 4) is 0 Å². The molecular formula is C8H16BF. The Morgan fingerprint density at radius 3 is 2.70 bits per heavy atom. The molecule has 0 bridgehead atoms. The summed E-state index contributed by atoms with van der Waals surface area (Å²) in [6, 6.07) is 0. The van der Waals surface area contributed by atoms with Gasteiger partial charge in [0.05, 0.1) is 0 Å². The first-order valence-corrected chi connectivity index (χ1v) is 4.38. The van der Waals surface area contributed by atoms with E-state index in [0.29, 0.717) is 11.8 Å². The Kier molecular flexibility index (Phi) is 2.76. The zero-order valence-corrected chi connectivity index (χ0v) is 6.94. The van der Waals surface area contributed by atoms with Gasteiger partial charge >= 0.3 is 0 Å². The highest BCUT2D eigenvalue weighted by molar-refractivity contribution is 6.08. The van der Waals surface area contributed by atoms with Crippen molar-refractivity contribution in [2.24, 2.45) is 11.8 Å². The summed E-state index contributed by atoms with van der Waals surface area (Å²) in [6.07, 6.45) is 3.81. The molecule has 0 amide bonds. The first-order chi connectivity index (χ1) is 4.74. The van der Waals surface area contributed by atoms with Crippen LogP contribution in [0.2, 0.25) is 6.32 Å². The predicted octanol–water partition coefficient (Wildman–Crippen LogP) is 1.81. The van der Waals surface area contributed by atoms with Crippen LogP contribution >= 0.6 is 0 Å². The fourth-order valence-electron chi connectivity index (χ4n) is 1.72. The second-order valence-electron chi connectivity index (χ2n) is 3.58. The van der Waals surface area contributed by atoms with E-state index in [4.69, 9.17) is 0 Å². The van der Waals surface area contributed by atoms with Crippen molar-refractivity contribution in [2.45, 2.75) is 38.7 Å². The highest BCUT2D eigenvalue weighted by Crippen LogP contribution is 2.32. The fraction of sp³-hybridized carbons (Fsp3) is 1.00. The Hall–Kier alpha value is -0.00506. The molecular weight excluding hydrogens is 126 g/mol. The van der Waals surface area contributed by atoms with E-state index in [0.717, 1.165) is 19.2 Å². The van der Waals surface area contributed by atoms with E-state index in [2.05, 4.69) is 7.85 Å². The Balaban J connectivity index is 2.33. The third-order valence-electron chi connectivity index (χ3n) is 2.78. The van der Waals surface area contributed by atoms with Gasteiger partial charge in [-0.2, -0.15) is 0 Å². The van der Waals surface area contributed by atoms with Gasteiger partial charge in [0.25, 0.3) is 0 Å². The highest BCUT2D eigenvalue weighted by atomic mass is 19.1. The van der Waals surface area contributed by atoms with Crippen molar-refractivity contribution >= 4 is 7.85 Å². The van der Waals surface area contributed by atoms with Crippen LogP contribution in [0.4, 0.5) is 4.39 Å². The lowest BCUT2D eigenvalue weighted by atomic mass is 9.76. The van der Waals surface area contributed by atoms with Gasteiger partial charge in [-0.1, -0.05) is 19.7 Å². The van der Waals surface area contributed by atoms with Gasteiger partial charge in [0.15, 0.2) is 0 Å². The van der Waals surface area contributed by atoms with Crippen LogP contribution in [0.15, 0.2) is 0 Å². The lowest BCUT2D eigenvalue weighted by Gasteiger charge is -2.28. The Labute approximate surface area is 63.6 Å². The first-order valence-electron chi connectivity index (χ1n) is 4.38. The van der Waals surface area contributed by atoms with Gasteiger partial charge < -0.3 is 0 Å². The lowest BCUT2D eigenvalue weighted by Crippen LogP contribution is -2.23. The summed E-state index contributed by atoms with van der Waals surface area (Å²) in [4.78, 5) is 0. The summed E-state index contributed by atoms with van der Waals surface area (Å²) < 4.78 is 13.0. The Morgan fingerprint density at radius 2 is 2.20 bits per heavy atom. The van der Waals surface area contributed by atoms with E-state index >= 15 is 0 Å². The number of rotatable bonds is 1. The molecule has 1 aliphatic carbocycles. The second-order valence-corrected chi connectivity index (χ2v) is 3.58. The quantitative estimate of drug-likeness (QED) is 0.490. The molecule has 1 rings (SSSR count). The van der Waals surface area contributed by atoms with E-state index < -0.39 is 6.17 Å². The van der Waals surface area contributed by atoms with Crippen LogP contribution in [0, 0.1) is 11.8 Å². The maximum Gasteiger partial charge on any atom is 0.103 e. The van der Waals surface area contributed by atoms with Crippen molar-refractivity contribution in [1.82, 2.24) is 0 Å². The summed E-state index contributed by atoms with van der Waals surface area (Å²) in [5.41, 5.74) is 0. The summed E-state index contributed by atoms with van der Waals surface area (Å²) in [5.74, 6) is 0.994. The maximum absolute atomic E-state index is 13.0. The maximum atomic E-state index is 13.0. The first kappa shape index (κ1) is 8.09. The van der Waals surface area contributed by atoms with Gasteiger partial charge in [0.1, 0.15) is 14.0 Å². The van der Waals surface area contributed by atoms with Crippen LogP contribution in [0.1, 0.15) is 26.2 Å². The van der Waals surface area contributed by atoms with Crippen LogP contribution in [-0.2, 0) is 0 Å². The molecule has 58 valence electrons. The minimum Gasteiger partial charge on any atom is -0.247 e. The molecule has 1 fully saturated rings. The van der Waals surface area contributed by atoms with Crippen LogP contribution in [-0.4, -0.2) is 14.0 Å². The van der Waals surface area contributed by atoms with Gasteiger partial charge in [0, 0.05) is 0 Å². The summed E-state index contributed by atoms with van der Waals surface area (Å²) in [5, 5.41) is 0. The van der Waals surface area contributed by atoms with Crippen LogP contribution < -0.4 is 0 Å².